The molecule has 2 atom stereocenters. The number of ether oxygens (including phenoxy) is 1. The van der Waals surface area contributed by atoms with Crippen molar-refractivity contribution in [3.05, 3.63) is 120 Å². The van der Waals surface area contributed by atoms with Gasteiger partial charge < -0.3 is 4.74 Å². The van der Waals surface area contributed by atoms with Gasteiger partial charge in [-0.2, -0.15) is 0 Å². The van der Waals surface area contributed by atoms with Crippen molar-refractivity contribution < 1.29 is 14.4 Å². The van der Waals surface area contributed by atoms with Crippen LogP contribution in [0, 0.1) is 6.92 Å². The average molecular weight is 436 g/mol. The van der Waals surface area contributed by atoms with Gasteiger partial charge in [0, 0.05) is 6.42 Å². The molecule has 0 aromatic heterocycles. The molecule has 1 heterocycles. The van der Waals surface area contributed by atoms with E-state index in [0.29, 0.717) is 12.2 Å². The number of esters is 1. The lowest BCUT2D eigenvalue weighted by atomic mass is 9.97. The zero-order chi connectivity index (χ0) is 22.6. The van der Waals surface area contributed by atoms with Crippen molar-refractivity contribution >= 4 is 11.7 Å². The minimum Gasteiger partial charge on any atom is -0.425 e. The van der Waals surface area contributed by atoms with E-state index in [-0.39, 0.29) is 12.0 Å². The maximum atomic E-state index is 12.9. The number of anilines is 1. The fourth-order valence-corrected chi connectivity index (χ4v) is 4.17. The van der Waals surface area contributed by atoms with Gasteiger partial charge in [0.2, 0.25) is 0 Å². The number of hydrogen-bond acceptors (Lipinski definition) is 4. The van der Waals surface area contributed by atoms with Crippen molar-refractivity contribution in [2.75, 3.05) is 5.06 Å². The van der Waals surface area contributed by atoms with E-state index in [2.05, 4.69) is 42.5 Å². The number of benzene rings is 4. The normalized spacial score (nSPS) is 17.7. The third-order valence-corrected chi connectivity index (χ3v) is 5.84. The van der Waals surface area contributed by atoms with Crippen LogP contribution in [0.1, 0.15) is 23.6 Å². The zero-order valence-corrected chi connectivity index (χ0v) is 18.4. The van der Waals surface area contributed by atoms with Crippen molar-refractivity contribution in [1.82, 2.24) is 0 Å². The number of carbonyl (C=O) groups excluding carboxylic acids is 1. The maximum Gasteiger partial charge on any atom is 0.343 e. The van der Waals surface area contributed by atoms with Gasteiger partial charge in [0.25, 0.3) is 0 Å². The highest BCUT2D eigenvalue weighted by atomic mass is 16.7. The van der Waals surface area contributed by atoms with E-state index < -0.39 is 6.10 Å². The van der Waals surface area contributed by atoms with Gasteiger partial charge in [-0.25, -0.2) is 9.86 Å². The molecule has 1 aliphatic rings. The van der Waals surface area contributed by atoms with Crippen LogP contribution in [-0.2, 0) is 9.63 Å². The van der Waals surface area contributed by atoms with Crippen LogP contribution in [0.15, 0.2) is 109 Å². The quantitative estimate of drug-likeness (QED) is 0.264. The van der Waals surface area contributed by atoms with Gasteiger partial charge >= 0.3 is 5.97 Å². The first kappa shape index (κ1) is 21.0. The maximum absolute atomic E-state index is 12.9. The summed E-state index contributed by atoms with van der Waals surface area (Å²) in [4.78, 5) is 19.1. The van der Waals surface area contributed by atoms with Crippen LogP contribution in [0.4, 0.5) is 5.69 Å². The number of para-hydroxylation sites is 1. The van der Waals surface area contributed by atoms with E-state index in [4.69, 9.17) is 9.57 Å². The Bertz CT molecular complexity index is 1220. The topological polar surface area (TPSA) is 38.8 Å². The third kappa shape index (κ3) is 4.66. The molecule has 4 aromatic carbocycles. The van der Waals surface area contributed by atoms with Crippen LogP contribution < -0.4 is 9.80 Å². The summed E-state index contributed by atoms with van der Waals surface area (Å²) in [5.74, 6) is 0.131. The molecule has 4 nitrogen and oxygen atoms in total. The Labute approximate surface area is 194 Å². The molecular formula is C29H25NO3. The van der Waals surface area contributed by atoms with Crippen LogP contribution in [0.25, 0.3) is 11.1 Å². The first-order chi connectivity index (χ1) is 16.2. The first-order valence-electron chi connectivity index (χ1n) is 11.1. The Hall–Kier alpha value is -3.89. The van der Waals surface area contributed by atoms with Crippen molar-refractivity contribution in [3.8, 4) is 16.9 Å². The lowest BCUT2D eigenvalue weighted by molar-refractivity contribution is -0.145. The molecule has 33 heavy (non-hydrogen) atoms. The molecular weight excluding hydrogens is 410 g/mol. The number of hydrogen-bond donors (Lipinski definition) is 0. The van der Waals surface area contributed by atoms with Gasteiger partial charge in [-0.15, -0.1) is 0 Å². The molecule has 4 heteroatoms. The monoisotopic (exact) mass is 435 g/mol. The van der Waals surface area contributed by atoms with Crippen LogP contribution in [0.2, 0.25) is 0 Å². The van der Waals surface area contributed by atoms with Gasteiger partial charge in [0.1, 0.15) is 5.75 Å². The van der Waals surface area contributed by atoms with Crippen LogP contribution in [0.5, 0.6) is 5.75 Å². The lowest BCUT2D eigenvalue weighted by Crippen LogP contribution is -2.28. The highest BCUT2D eigenvalue weighted by Crippen LogP contribution is 2.39. The molecule has 1 saturated heterocycles. The number of carbonyl (C=O) groups is 1. The third-order valence-electron chi connectivity index (χ3n) is 5.84. The molecule has 1 fully saturated rings. The summed E-state index contributed by atoms with van der Waals surface area (Å²) in [7, 11) is 0. The molecule has 164 valence electrons. The lowest BCUT2D eigenvalue weighted by Gasteiger charge is -2.25. The number of hydroxylamine groups is 1. The van der Waals surface area contributed by atoms with E-state index in [9.17, 15) is 4.79 Å². The molecule has 0 aliphatic carbocycles. The summed E-state index contributed by atoms with van der Waals surface area (Å²) in [5, 5.41) is 1.85. The SMILES string of the molecule is Cc1cccc(N2OC(C(=O)Oc3ccccc3)CC2c2ccc(-c3ccccc3)cc2)c1. The summed E-state index contributed by atoms with van der Waals surface area (Å²) >= 11 is 0. The number of rotatable bonds is 5. The van der Waals surface area contributed by atoms with Crippen molar-refractivity contribution in [2.45, 2.75) is 25.5 Å². The fraction of sp³-hybridized carbons (Fsp3) is 0.138. The Kier molecular flexibility index (Phi) is 5.92. The molecule has 0 bridgehead atoms. The minimum atomic E-state index is -0.690. The van der Waals surface area contributed by atoms with Crippen LogP contribution >= 0.6 is 0 Å². The standard InChI is InChI=1S/C29H25NO3/c1-21-9-8-12-25(19-21)30-27(20-28(33-30)29(31)32-26-13-6-3-7-14-26)24-17-15-23(16-18-24)22-10-4-2-5-11-22/h2-19,27-28H,20H2,1H3. The first-order valence-corrected chi connectivity index (χ1v) is 11.1. The fourth-order valence-electron chi connectivity index (χ4n) is 4.17. The van der Waals surface area contributed by atoms with Gasteiger partial charge in [-0.3, -0.25) is 4.84 Å². The number of nitrogens with zero attached hydrogens (tertiary/aromatic N) is 1. The predicted octanol–water partition coefficient (Wildman–Crippen LogP) is 6.52. The van der Waals surface area contributed by atoms with E-state index in [1.54, 1.807) is 12.1 Å². The summed E-state index contributed by atoms with van der Waals surface area (Å²) in [6, 6.07) is 35.9. The molecule has 1 aliphatic heterocycles. The Morgan fingerprint density at radius 3 is 2.18 bits per heavy atom. The van der Waals surface area contributed by atoms with E-state index in [1.807, 2.05) is 66.6 Å². The second-order valence-corrected chi connectivity index (χ2v) is 8.23. The molecule has 0 N–H and O–H groups in total. The van der Waals surface area contributed by atoms with Crippen LogP contribution in [0.3, 0.4) is 0 Å². The van der Waals surface area contributed by atoms with E-state index >= 15 is 0 Å². The smallest absolute Gasteiger partial charge is 0.343 e. The zero-order valence-electron chi connectivity index (χ0n) is 18.4. The molecule has 4 aromatic rings. The highest BCUT2D eigenvalue weighted by Gasteiger charge is 2.40. The summed E-state index contributed by atoms with van der Waals surface area (Å²) in [6.07, 6.45) is -0.186. The Balaban J connectivity index is 1.42. The summed E-state index contributed by atoms with van der Waals surface area (Å²) in [5.41, 5.74) is 5.46. The average Bonchev–Trinajstić information content (AvgIpc) is 3.31. The molecule has 0 amide bonds. The van der Waals surface area contributed by atoms with Crippen LogP contribution in [-0.4, -0.2) is 12.1 Å². The highest BCUT2D eigenvalue weighted by molar-refractivity contribution is 5.78. The van der Waals surface area contributed by atoms with Crippen molar-refractivity contribution in [3.63, 3.8) is 0 Å². The Morgan fingerprint density at radius 2 is 1.48 bits per heavy atom. The molecule has 0 radical (unpaired) electrons. The second-order valence-electron chi connectivity index (χ2n) is 8.23. The van der Waals surface area contributed by atoms with Gasteiger partial charge in [-0.05, 0) is 53.4 Å². The summed E-state index contributed by atoms with van der Waals surface area (Å²) in [6.45, 7) is 2.05. The Morgan fingerprint density at radius 1 is 0.818 bits per heavy atom. The largest absolute Gasteiger partial charge is 0.425 e. The van der Waals surface area contributed by atoms with Gasteiger partial charge in [0.15, 0.2) is 6.10 Å². The van der Waals surface area contributed by atoms with Gasteiger partial charge in [0.05, 0.1) is 11.7 Å². The van der Waals surface area contributed by atoms with E-state index in [1.165, 1.54) is 5.56 Å². The van der Waals surface area contributed by atoms with E-state index in [0.717, 1.165) is 22.4 Å². The molecule has 5 rings (SSSR count). The summed E-state index contributed by atoms with van der Waals surface area (Å²) < 4.78 is 5.58. The molecule has 0 saturated carbocycles. The predicted molar refractivity (Wildman–Crippen MR) is 130 cm³/mol. The van der Waals surface area contributed by atoms with Crippen molar-refractivity contribution in [1.29, 1.82) is 0 Å². The second kappa shape index (κ2) is 9.31. The minimum absolute atomic E-state index is 0.107. The number of aryl methyl sites for hydroxylation is 1. The molecule has 2 unspecified atom stereocenters. The molecule has 0 spiro atoms. The van der Waals surface area contributed by atoms with Crippen molar-refractivity contribution in [2.24, 2.45) is 0 Å². The van der Waals surface area contributed by atoms with Gasteiger partial charge in [-0.1, -0.05) is 84.9 Å².